The van der Waals surface area contributed by atoms with Gasteiger partial charge in [0.25, 0.3) is 0 Å². The van der Waals surface area contributed by atoms with Crippen LogP contribution in [-0.4, -0.2) is 31.7 Å². The summed E-state index contributed by atoms with van der Waals surface area (Å²) in [6, 6.07) is 11.4. The second kappa shape index (κ2) is 8.49. The van der Waals surface area contributed by atoms with Crippen LogP contribution < -0.4 is 5.32 Å². The molecule has 0 bridgehead atoms. The van der Waals surface area contributed by atoms with Gasteiger partial charge in [-0.2, -0.15) is 4.31 Å². The van der Waals surface area contributed by atoms with Crippen molar-refractivity contribution in [2.24, 2.45) is 5.92 Å². The molecule has 0 radical (unpaired) electrons. The fourth-order valence-corrected chi connectivity index (χ4v) is 5.10. The maximum Gasteiger partial charge on any atom is 0.243 e. The summed E-state index contributed by atoms with van der Waals surface area (Å²) in [7, 11) is -3.65. The third kappa shape index (κ3) is 4.66. The number of nitrogens with zero attached hydrogens (tertiary/aromatic N) is 1. The molecule has 1 aliphatic heterocycles. The van der Waals surface area contributed by atoms with Crippen LogP contribution in [0.2, 0.25) is 10.0 Å². The molecule has 3 rings (SSSR count). The number of benzene rings is 2. The Hall–Kier alpha value is -1.12. The van der Waals surface area contributed by atoms with E-state index in [2.05, 4.69) is 21.2 Å². The molecule has 5 nitrogen and oxygen atoms in total. The molecule has 0 aliphatic carbocycles. The molecule has 0 aromatic heterocycles. The Bertz CT molecular complexity index is 952. The van der Waals surface area contributed by atoms with Crippen LogP contribution in [-0.2, 0) is 14.8 Å². The predicted molar refractivity (Wildman–Crippen MR) is 111 cm³/mol. The molecule has 1 N–H and O–H groups in total. The van der Waals surface area contributed by atoms with Crippen LogP contribution in [0.25, 0.3) is 0 Å². The molecule has 0 spiro atoms. The summed E-state index contributed by atoms with van der Waals surface area (Å²) in [6.07, 6.45) is 1.22. The number of rotatable bonds is 4. The Morgan fingerprint density at radius 2 is 1.85 bits per heavy atom. The SMILES string of the molecule is O=C(Nc1cccc(Cl)c1Cl)[C@@H]1CCCN(S(=O)(=O)c2ccc(Br)cc2)C1. The molecule has 1 fully saturated rings. The third-order valence-electron chi connectivity index (χ3n) is 4.42. The van der Waals surface area contributed by atoms with Crippen molar-refractivity contribution in [3.8, 4) is 0 Å². The molecule has 2 aromatic carbocycles. The zero-order chi connectivity index (χ0) is 19.6. The molecule has 27 heavy (non-hydrogen) atoms. The van der Waals surface area contributed by atoms with Crippen molar-refractivity contribution in [2.45, 2.75) is 17.7 Å². The van der Waals surface area contributed by atoms with Crippen molar-refractivity contribution in [1.82, 2.24) is 4.31 Å². The van der Waals surface area contributed by atoms with E-state index in [4.69, 9.17) is 23.2 Å². The lowest BCUT2D eigenvalue weighted by molar-refractivity contribution is -0.120. The Morgan fingerprint density at radius 3 is 2.56 bits per heavy atom. The summed E-state index contributed by atoms with van der Waals surface area (Å²) in [5.41, 5.74) is 0.419. The van der Waals surface area contributed by atoms with Gasteiger partial charge >= 0.3 is 0 Å². The Labute approximate surface area is 176 Å². The zero-order valence-electron chi connectivity index (χ0n) is 14.2. The molecule has 0 unspecified atom stereocenters. The first-order chi connectivity index (χ1) is 12.8. The van der Waals surface area contributed by atoms with Gasteiger partial charge in [-0.15, -0.1) is 0 Å². The van der Waals surface area contributed by atoms with Gasteiger partial charge < -0.3 is 5.32 Å². The van der Waals surface area contributed by atoms with Gasteiger partial charge in [0, 0.05) is 17.6 Å². The molecule has 1 saturated heterocycles. The molecule has 0 saturated carbocycles. The van der Waals surface area contributed by atoms with Crippen LogP contribution in [0.5, 0.6) is 0 Å². The van der Waals surface area contributed by atoms with E-state index in [9.17, 15) is 13.2 Å². The van der Waals surface area contributed by atoms with Crippen LogP contribution >= 0.6 is 39.1 Å². The number of hydrogen-bond donors (Lipinski definition) is 1. The fraction of sp³-hybridized carbons (Fsp3) is 0.278. The summed E-state index contributed by atoms with van der Waals surface area (Å²) >= 11 is 15.4. The van der Waals surface area contributed by atoms with Crippen molar-refractivity contribution >= 4 is 60.7 Å². The molecular formula is C18H17BrCl2N2O3S. The van der Waals surface area contributed by atoms with Crippen LogP contribution in [0.1, 0.15) is 12.8 Å². The van der Waals surface area contributed by atoms with Crippen molar-refractivity contribution in [2.75, 3.05) is 18.4 Å². The Kier molecular flexibility index (Phi) is 6.48. The highest BCUT2D eigenvalue weighted by Gasteiger charge is 2.33. The van der Waals surface area contributed by atoms with Crippen LogP contribution in [0, 0.1) is 5.92 Å². The number of carbonyl (C=O) groups excluding carboxylic acids is 1. The number of piperidine rings is 1. The van der Waals surface area contributed by atoms with E-state index in [1.807, 2.05) is 0 Å². The molecule has 1 atom stereocenters. The Morgan fingerprint density at radius 1 is 1.15 bits per heavy atom. The lowest BCUT2D eigenvalue weighted by Crippen LogP contribution is -2.43. The number of amides is 1. The van der Waals surface area contributed by atoms with Gasteiger partial charge in [-0.3, -0.25) is 4.79 Å². The molecule has 2 aromatic rings. The maximum absolute atomic E-state index is 12.9. The highest BCUT2D eigenvalue weighted by Crippen LogP contribution is 2.31. The first-order valence-electron chi connectivity index (χ1n) is 8.29. The van der Waals surface area contributed by atoms with Crippen LogP contribution in [0.3, 0.4) is 0 Å². The number of sulfonamides is 1. The fourth-order valence-electron chi connectivity index (χ4n) is 2.97. The highest BCUT2D eigenvalue weighted by molar-refractivity contribution is 9.10. The van der Waals surface area contributed by atoms with Crippen molar-refractivity contribution in [3.05, 3.63) is 57.0 Å². The lowest BCUT2D eigenvalue weighted by Gasteiger charge is -2.31. The Balaban J connectivity index is 1.74. The minimum atomic E-state index is -3.65. The van der Waals surface area contributed by atoms with E-state index >= 15 is 0 Å². The third-order valence-corrected chi connectivity index (χ3v) is 7.64. The first kappa shape index (κ1) is 20.6. The van der Waals surface area contributed by atoms with Crippen molar-refractivity contribution in [3.63, 3.8) is 0 Å². The van der Waals surface area contributed by atoms with E-state index in [1.54, 1.807) is 42.5 Å². The number of carbonyl (C=O) groups is 1. The highest BCUT2D eigenvalue weighted by atomic mass is 79.9. The molecule has 144 valence electrons. The number of hydrogen-bond acceptors (Lipinski definition) is 3. The average molecular weight is 492 g/mol. The van der Waals surface area contributed by atoms with Crippen LogP contribution in [0.15, 0.2) is 51.8 Å². The van der Waals surface area contributed by atoms with Crippen molar-refractivity contribution in [1.29, 1.82) is 0 Å². The van der Waals surface area contributed by atoms with Crippen molar-refractivity contribution < 1.29 is 13.2 Å². The summed E-state index contributed by atoms with van der Waals surface area (Å²) in [5.74, 6) is -0.728. The van der Waals surface area contributed by atoms with Gasteiger partial charge in [0.1, 0.15) is 0 Å². The van der Waals surface area contributed by atoms with E-state index in [0.29, 0.717) is 30.1 Å². The quantitative estimate of drug-likeness (QED) is 0.668. The first-order valence-corrected chi connectivity index (χ1v) is 11.3. The van der Waals surface area contributed by atoms with E-state index in [-0.39, 0.29) is 22.4 Å². The summed E-state index contributed by atoms with van der Waals surface area (Å²) in [5, 5.41) is 3.37. The van der Waals surface area contributed by atoms with E-state index < -0.39 is 15.9 Å². The summed E-state index contributed by atoms with van der Waals surface area (Å²) in [4.78, 5) is 12.9. The number of nitrogens with one attached hydrogen (secondary N) is 1. The molecule has 9 heteroatoms. The van der Waals surface area contributed by atoms with Crippen LogP contribution in [0.4, 0.5) is 5.69 Å². The largest absolute Gasteiger partial charge is 0.324 e. The number of anilines is 1. The van der Waals surface area contributed by atoms with Gasteiger partial charge in [0.2, 0.25) is 15.9 Å². The topological polar surface area (TPSA) is 66.5 Å². The van der Waals surface area contributed by atoms with Gasteiger partial charge in [-0.25, -0.2) is 8.42 Å². The molecule has 1 heterocycles. The zero-order valence-corrected chi connectivity index (χ0v) is 18.1. The predicted octanol–water partition coefficient (Wildman–Crippen LogP) is 4.80. The number of halogens is 3. The monoisotopic (exact) mass is 490 g/mol. The molecule has 1 amide bonds. The van der Waals surface area contributed by atoms with E-state index in [0.717, 1.165) is 4.47 Å². The van der Waals surface area contributed by atoms with Gasteiger partial charge in [-0.1, -0.05) is 45.2 Å². The average Bonchev–Trinajstić information content (AvgIpc) is 2.66. The smallest absolute Gasteiger partial charge is 0.243 e. The normalized spacial score (nSPS) is 18.3. The second-order valence-corrected chi connectivity index (χ2v) is 9.89. The summed E-state index contributed by atoms with van der Waals surface area (Å²) in [6.45, 7) is 0.516. The van der Waals surface area contributed by atoms with E-state index in [1.165, 1.54) is 4.31 Å². The second-order valence-electron chi connectivity index (χ2n) is 6.25. The maximum atomic E-state index is 12.9. The van der Waals surface area contributed by atoms with Gasteiger partial charge in [0.15, 0.2) is 0 Å². The van der Waals surface area contributed by atoms with Gasteiger partial charge in [0.05, 0.1) is 26.5 Å². The summed E-state index contributed by atoms with van der Waals surface area (Å²) < 4.78 is 27.9. The minimum absolute atomic E-state index is 0.127. The molecular weight excluding hydrogens is 475 g/mol. The standard InChI is InChI=1S/C18H17BrCl2N2O3S/c19-13-6-8-14(9-7-13)27(25,26)23-10-2-3-12(11-23)18(24)22-16-5-1-4-15(20)17(16)21/h1,4-9,12H,2-3,10-11H2,(H,22,24)/t12-/m1/s1. The minimum Gasteiger partial charge on any atom is -0.324 e. The molecule has 1 aliphatic rings. The lowest BCUT2D eigenvalue weighted by atomic mass is 9.99. The van der Waals surface area contributed by atoms with Gasteiger partial charge in [-0.05, 0) is 49.2 Å².